The van der Waals surface area contributed by atoms with E-state index in [1.54, 1.807) is 4.88 Å². The number of piperidine rings is 1. The van der Waals surface area contributed by atoms with Gasteiger partial charge in [-0.2, -0.15) is 0 Å². The second-order valence-corrected chi connectivity index (χ2v) is 6.52. The monoisotopic (exact) mass is 250 g/mol. The molecule has 0 amide bonds. The summed E-state index contributed by atoms with van der Waals surface area (Å²) in [6.07, 6.45) is 5.50. The van der Waals surface area contributed by atoms with Crippen molar-refractivity contribution >= 4 is 11.3 Å². The van der Waals surface area contributed by atoms with Gasteiger partial charge in [0, 0.05) is 17.5 Å². The van der Waals surface area contributed by atoms with Crippen molar-refractivity contribution in [2.45, 2.75) is 31.7 Å². The fourth-order valence-electron chi connectivity index (χ4n) is 3.12. The molecule has 2 atom stereocenters. The lowest BCUT2D eigenvalue weighted by atomic mass is 9.95. The molecule has 0 aromatic carbocycles. The predicted molar refractivity (Wildman–Crippen MR) is 73.1 cm³/mol. The standard InChI is InChI=1S/C14H22N2S/c15-9-11-3-1-7-16(10-11)14(12-5-6-12)13-4-2-8-17-13/h2,4,8,11-12,14H,1,3,5-7,9-10,15H2. The first-order chi connectivity index (χ1) is 8.38. The Hall–Kier alpha value is -0.380. The third kappa shape index (κ3) is 2.56. The van der Waals surface area contributed by atoms with Gasteiger partial charge in [-0.1, -0.05) is 6.07 Å². The van der Waals surface area contributed by atoms with Crippen molar-refractivity contribution in [3.8, 4) is 0 Å². The maximum absolute atomic E-state index is 5.85. The first-order valence-corrected chi connectivity index (χ1v) is 7.74. The summed E-state index contributed by atoms with van der Waals surface area (Å²) in [5, 5.41) is 2.22. The SMILES string of the molecule is NCC1CCCN(C(c2cccs2)C2CC2)C1. The summed E-state index contributed by atoms with van der Waals surface area (Å²) in [4.78, 5) is 4.29. The number of nitrogens with two attached hydrogens (primary N) is 1. The molecule has 0 spiro atoms. The van der Waals surface area contributed by atoms with Crippen molar-refractivity contribution in [3.63, 3.8) is 0 Å². The van der Waals surface area contributed by atoms with Gasteiger partial charge in [0.2, 0.25) is 0 Å². The van der Waals surface area contributed by atoms with Gasteiger partial charge in [-0.25, -0.2) is 0 Å². The van der Waals surface area contributed by atoms with Gasteiger partial charge in [0.15, 0.2) is 0 Å². The second-order valence-electron chi connectivity index (χ2n) is 5.54. The van der Waals surface area contributed by atoms with Crippen LogP contribution in [0.4, 0.5) is 0 Å². The Kier molecular flexibility index (Phi) is 3.50. The highest BCUT2D eigenvalue weighted by atomic mass is 32.1. The molecular weight excluding hydrogens is 228 g/mol. The number of rotatable bonds is 4. The third-order valence-corrected chi connectivity index (χ3v) is 5.12. The van der Waals surface area contributed by atoms with Crippen LogP contribution in [0.5, 0.6) is 0 Å². The molecule has 1 saturated heterocycles. The Morgan fingerprint density at radius 3 is 2.94 bits per heavy atom. The molecule has 2 nitrogen and oxygen atoms in total. The molecule has 3 heteroatoms. The minimum absolute atomic E-state index is 0.698. The van der Waals surface area contributed by atoms with Gasteiger partial charge in [0.05, 0.1) is 0 Å². The van der Waals surface area contributed by atoms with Crippen molar-refractivity contribution in [1.29, 1.82) is 0 Å². The molecule has 1 aliphatic carbocycles. The topological polar surface area (TPSA) is 29.3 Å². The van der Waals surface area contributed by atoms with Gasteiger partial charge in [-0.15, -0.1) is 11.3 Å². The zero-order chi connectivity index (χ0) is 11.7. The maximum atomic E-state index is 5.85. The molecule has 94 valence electrons. The summed E-state index contributed by atoms with van der Waals surface area (Å²) in [6, 6.07) is 5.21. The minimum Gasteiger partial charge on any atom is -0.330 e. The van der Waals surface area contributed by atoms with Crippen LogP contribution in [-0.2, 0) is 0 Å². The molecule has 17 heavy (non-hydrogen) atoms. The summed E-state index contributed by atoms with van der Waals surface area (Å²) in [5.74, 6) is 1.65. The van der Waals surface area contributed by atoms with E-state index < -0.39 is 0 Å². The summed E-state index contributed by atoms with van der Waals surface area (Å²) in [5.41, 5.74) is 5.85. The van der Waals surface area contributed by atoms with E-state index in [4.69, 9.17) is 5.73 Å². The third-order valence-electron chi connectivity index (χ3n) is 4.18. The van der Waals surface area contributed by atoms with Crippen LogP contribution in [0.1, 0.15) is 36.6 Å². The van der Waals surface area contributed by atoms with Crippen molar-refractivity contribution < 1.29 is 0 Å². The Morgan fingerprint density at radius 2 is 2.29 bits per heavy atom. The Labute approximate surface area is 108 Å². The minimum atomic E-state index is 0.698. The van der Waals surface area contributed by atoms with Crippen LogP contribution < -0.4 is 5.73 Å². The van der Waals surface area contributed by atoms with E-state index >= 15 is 0 Å². The number of nitrogens with zero attached hydrogens (tertiary/aromatic N) is 1. The summed E-state index contributed by atoms with van der Waals surface area (Å²) >= 11 is 1.93. The lowest BCUT2D eigenvalue weighted by Gasteiger charge is -2.38. The van der Waals surface area contributed by atoms with E-state index in [0.717, 1.165) is 18.4 Å². The van der Waals surface area contributed by atoms with Gasteiger partial charge in [0.25, 0.3) is 0 Å². The second kappa shape index (κ2) is 5.09. The predicted octanol–water partition coefficient (Wildman–Crippen LogP) is 2.87. The molecule has 2 heterocycles. The molecule has 0 radical (unpaired) electrons. The van der Waals surface area contributed by atoms with Crippen molar-refractivity contribution in [2.24, 2.45) is 17.6 Å². The van der Waals surface area contributed by atoms with Crippen LogP contribution in [-0.4, -0.2) is 24.5 Å². The van der Waals surface area contributed by atoms with E-state index in [2.05, 4.69) is 22.4 Å². The molecule has 1 saturated carbocycles. The van der Waals surface area contributed by atoms with Gasteiger partial charge >= 0.3 is 0 Å². The van der Waals surface area contributed by atoms with E-state index in [1.165, 1.54) is 38.8 Å². The fraction of sp³-hybridized carbons (Fsp3) is 0.714. The maximum Gasteiger partial charge on any atom is 0.0469 e. The Morgan fingerprint density at radius 1 is 1.41 bits per heavy atom. The molecule has 0 bridgehead atoms. The van der Waals surface area contributed by atoms with Crippen molar-refractivity contribution in [1.82, 2.24) is 4.90 Å². The molecule has 1 aromatic heterocycles. The fourth-order valence-corrected chi connectivity index (χ4v) is 4.08. The van der Waals surface area contributed by atoms with Crippen LogP contribution in [0.15, 0.2) is 17.5 Å². The molecule has 1 aromatic rings. The smallest absolute Gasteiger partial charge is 0.0469 e. The largest absolute Gasteiger partial charge is 0.330 e. The quantitative estimate of drug-likeness (QED) is 0.890. The lowest BCUT2D eigenvalue weighted by Crippen LogP contribution is -2.41. The molecule has 2 unspecified atom stereocenters. The average molecular weight is 250 g/mol. The zero-order valence-corrected chi connectivity index (χ0v) is 11.2. The van der Waals surface area contributed by atoms with Gasteiger partial charge in [0.1, 0.15) is 0 Å². The number of thiophene rings is 1. The highest BCUT2D eigenvalue weighted by Crippen LogP contribution is 2.46. The van der Waals surface area contributed by atoms with E-state index in [1.807, 2.05) is 11.3 Å². The molecule has 2 N–H and O–H groups in total. The number of hydrogen-bond donors (Lipinski definition) is 1. The summed E-state index contributed by atoms with van der Waals surface area (Å²) in [7, 11) is 0. The van der Waals surface area contributed by atoms with Crippen LogP contribution in [0.2, 0.25) is 0 Å². The van der Waals surface area contributed by atoms with Crippen LogP contribution >= 0.6 is 11.3 Å². The highest BCUT2D eigenvalue weighted by molar-refractivity contribution is 7.10. The normalized spacial score (nSPS) is 28.2. The average Bonchev–Trinajstić information content (AvgIpc) is 3.05. The molecule has 1 aliphatic heterocycles. The first kappa shape index (κ1) is 11.7. The van der Waals surface area contributed by atoms with Crippen LogP contribution in [0.3, 0.4) is 0 Å². The van der Waals surface area contributed by atoms with Gasteiger partial charge in [-0.05, 0) is 62.1 Å². The zero-order valence-electron chi connectivity index (χ0n) is 10.3. The van der Waals surface area contributed by atoms with E-state index in [9.17, 15) is 0 Å². The van der Waals surface area contributed by atoms with Crippen LogP contribution in [0.25, 0.3) is 0 Å². The summed E-state index contributed by atoms with van der Waals surface area (Å²) in [6.45, 7) is 3.35. The highest BCUT2D eigenvalue weighted by Gasteiger charge is 2.38. The van der Waals surface area contributed by atoms with Gasteiger partial charge in [-0.3, -0.25) is 4.90 Å². The lowest BCUT2D eigenvalue weighted by molar-refractivity contribution is 0.114. The molecular formula is C14H22N2S. The first-order valence-electron chi connectivity index (χ1n) is 6.86. The summed E-state index contributed by atoms with van der Waals surface area (Å²) < 4.78 is 0. The molecule has 2 aliphatic rings. The van der Waals surface area contributed by atoms with Gasteiger partial charge < -0.3 is 5.73 Å². The number of likely N-dealkylation sites (tertiary alicyclic amines) is 1. The molecule has 2 fully saturated rings. The molecule has 3 rings (SSSR count). The number of hydrogen-bond acceptors (Lipinski definition) is 3. The van der Waals surface area contributed by atoms with E-state index in [-0.39, 0.29) is 0 Å². The van der Waals surface area contributed by atoms with Crippen LogP contribution in [0, 0.1) is 11.8 Å². The van der Waals surface area contributed by atoms with E-state index in [0.29, 0.717) is 6.04 Å². The Balaban J connectivity index is 1.74. The Bertz CT molecular complexity index is 345. The van der Waals surface area contributed by atoms with Crippen molar-refractivity contribution in [3.05, 3.63) is 22.4 Å². The van der Waals surface area contributed by atoms with Crippen molar-refractivity contribution in [2.75, 3.05) is 19.6 Å².